The Balaban J connectivity index is 2.01. The molecule has 4 nitrogen and oxygen atoms in total. The molecule has 24 heavy (non-hydrogen) atoms. The summed E-state index contributed by atoms with van der Waals surface area (Å²) in [6, 6.07) is 9.40. The van der Waals surface area contributed by atoms with Crippen LogP contribution in [0, 0.1) is 5.82 Å². The van der Waals surface area contributed by atoms with Gasteiger partial charge in [0.25, 0.3) is 0 Å². The molecule has 0 aliphatic heterocycles. The number of ether oxygens (including phenoxy) is 3. The van der Waals surface area contributed by atoms with Crippen molar-refractivity contribution in [2.75, 3.05) is 14.2 Å². The Morgan fingerprint density at radius 3 is 2.54 bits per heavy atom. The molecule has 0 N–H and O–H groups in total. The molecule has 0 atom stereocenters. The van der Waals surface area contributed by atoms with E-state index in [1.165, 1.54) is 31.4 Å². The number of methoxy groups -OCH3 is 2. The second kappa shape index (κ2) is 8.49. The molecule has 0 aromatic heterocycles. The van der Waals surface area contributed by atoms with Gasteiger partial charge in [0.2, 0.25) is 0 Å². The van der Waals surface area contributed by atoms with E-state index >= 15 is 0 Å². The number of carbonyl (C=O) groups is 1. The summed E-state index contributed by atoms with van der Waals surface area (Å²) in [4.78, 5) is 11.8. The van der Waals surface area contributed by atoms with Crippen molar-refractivity contribution in [3.63, 3.8) is 0 Å². The molecule has 0 aliphatic rings. The zero-order valence-corrected chi connectivity index (χ0v) is 14.8. The molecule has 0 aliphatic carbocycles. The van der Waals surface area contributed by atoms with Gasteiger partial charge in [-0.15, -0.1) is 0 Å². The predicted octanol–water partition coefficient (Wildman–Crippen LogP) is 4.36. The Morgan fingerprint density at radius 2 is 1.88 bits per heavy atom. The van der Waals surface area contributed by atoms with Crippen molar-refractivity contribution in [1.82, 2.24) is 0 Å². The van der Waals surface area contributed by atoms with Gasteiger partial charge in [-0.25, -0.2) is 9.18 Å². The van der Waals surface area contributed by atoms with Crippen LogP contribution in [0.2, 0.25) is 0 Å². The Labute approximate surface area is 148 Å². The van der Waals surface area contributed by atoms with E-state index in [4.69, 9.17) is 14.2 Å². The maximum atomic E-state index is 13.1. The Morgan fingerprint density at radius 1 is 1.17 bits per heavy atom. The average molecular weight is 395 g/mol. The monoisotopic (exact) mass is 394 g/mol. The average Bonchev–Trinajstić information content (AvgIpc) is 2.58. The zero-order chi connectivity index (χ0) is 17.5. The van der Waals surface area contributed by atoms with Gasteiger partial charge in [-0.05, 0) is 35.9 Å². The largest absolute Gasteiger partial charge is 0.493 e. The number of carbonyl (C=O) groups excluding carboxylic acids is 1. The fourth-order valence-electron chi connectivity index (χ4n) is 1.98. The number of halogens is 2. The Bertz CT molecular complexity index is 759. The first-order valence-corrected chi connectivity index (χ1v) is 7.83. The molecule has 2 rings (SSSR count). The van der Waals surface area contributed by atoms with Crippen LogP contribution >= 0.6 is 15.9 Å². The smallest absolute Gasteiger partial charge is 0.331 e. The summed E-state index contributed by atoms with van der Waals surface area (Å²) in [5.74, 6) is 0.230. The van der Waals surface area contributed by atoms with Gasteiger partial charge in [0.1, 0.15) is 12.4 Å². The van der Waals surface area contributed by atoms with Gasteiger partial charge in [-0.3, -0.25) is 0 Å². The summed E-state index contributed by atoms with van der Waals surface area (Å²) in [7, 11) is 3.07. The fraction of sp³-hybridized carbons (Fsp3) is 0.167. The Kier molecular flexibility index (Phi) is 6.37. The lowest BCUT2D eigenvalue weighted by Crippen LogP contribution is -2.02. The second-order valence-electron chi connectivity index (χ2n) is 4.79. The summed E-state index contributed by atoms with van der Waals surface area (Å²) >= 11 is 3.40. The van der Waals surface area contributed by atoms with Crippen LogP contribution in [0.1, 0.15) is 11.1 Å². The summed E-state index contributed by atoms with van der Waals surface area (Å²) in [5, 5.41) is 0. The summed E-state index contributed by atoms with van der Waals surface area (Å²) in [5.41, 5.74) is 1.32. The highest BCUT2D eigenvalue weighted by Crippen LogP contribution is 2.33. The molecule has 0 radical (unpaired) electrons. The van der Waals surface area contributed by atoms with Crippen molar-refractivity contribution in [3.05, 3.63) is 63.9 Å². The Hall–Kier alpha value is -2.34. The minimum absolute atomic E-state index is 0.0628. The van der Waals surface area contributed by atoms with Crippen molar-refractivity contribution in [3.8, 4) is 11.5 Å². The highest BCUT2D eigenvalue weighted by atomic mass is 79.9. The standard InChI is InChI=1S/C18H16BrFO4/c1-22-16-9-13(15(19)10-17(16)23-2)11-24-18(21)7-6-12-4-3-5-14(20)8-12/h3-10H,11H2,1-2H3/b7-6+. The van der Waals surface area contributed by atoms with Crippen LogP contribution < -0.4 is 9.47 Å². The van der Waals surface area contributed by atoms with Crippen molar-refractivity contribution >= 4 is 28.0 Å². The van der Waals surface area contributed by atoms with Crippen LogP contribution in [-0.4, -0.2) is 20.2 Å². The molecular weight excluding hydrogens is 379 g/mol. The number of hydrogen-bond donors (Lipinski definition) is 0. The normalized spacial score (nSPS) is 10.7. The topological polar surface area (TPSA) is 44.8 Å². The van der Waals surface area contributed by atoms with E-state index in [0.717, 1.165) is 10.0 Å². The zero-order valence-electron chi connectivity index (χ0n) is 13.2. The van der Waals surface area contributed by atoms with Crippen molar-refractivity contribution in [1.29, 1.82) is 0 Å². The van der Waals surface area contributed by atoms with Crippen LogP contribution in [-0.2, 0) is 16.1 Å². The molecule has 0 amide bonds. The van der Waals surface area contributed by atoms with Crippen molar-refractivity contribution in [2.45, 2.75) is 6.61 Å². The number of esters is 1. The molecule has 0 spiro atoms. The van der Waals surface area contributed by atoms with E-state index in [0.29, 0.717) is 17.1 Å². The summed E-state index contributed by atoms with van der Waals surface area (Å²) in [6.07, 6.45) is 2.75. The highest BCUT2D eigenvalue weighted by molar-refractivity contribution is 9.10. The van der Waals surface area contributed by atoms with Gasteiger partial charge >= 0.3 is 5.97 Å². The van der Waals surface area contributed by atoms with Gasteiger partial charge in [0.15, 0.2) is 11.5 Å². The second-order valence-corrected chi connectivity index (χ2v) is 5.65. The van der Waals surface area contributed by atoms with E-state index in [9.17, 15) is 9.18 Å². The summed E-state index contributed by atoms with van der Waals surface area (Å²) in [6.45, 7) is 0.0628. The quantitative estimate of drug-likeness (QED) is 0.539. The van der Waals surface area contributed by atoms with E-state index in [1.807, 2.05) is 0 Å². The molecule has 6 heteroatoms. The van der Waals surface area contributed by atoms with Gasteiger partial charge < -0.3 is 14.2 Å². The lowest BCUT2D eigenvalue weighted by Gasteiger charge is -2.11. The van der Waals surface area contributed by atoms with Crippen LogP contribution in [0.15, 0.2) is 46.9 Å². The molecule has 0 unspecified atom stereocenters. The molecule has 0 saturated heterocycles. The third-order valence-corrected chi connectivity index (χ3v) is 3.92. The molecule has 0 saturated carbocycles. The SMILES string of the molecule is COc1cc(Br)c(COC(=O)/C=C/c2cccc(F)c2)cc1OC. The lowest BCUT2D eigenvalue weighted by molar-refractivity contribution is -0.138. The minimum Gasteiger partial charge on any atom is -0.493 e. The van der Waals surface area contributed by atoms with E-state index < -0.39 is 5.97 Å². The van der Waals surface area contributed by atoms with Gasteiger partial charge in [-0.1, -0.05) is 28.1 Å². The van der Waals surface area contributed by atoms with Crippen molar-refractivity contribution in [2.24, 2.45) is 0 Å². The van der Waals surface area contributed by atoms with E-state index in [-0.39, 0.29) is 12.4 Å². The molecular formula is C18H16BrFO4. The molecule has 0 heterocycles. The molecule has 126 valence electrons. The number of rotatable bonds is 6. The number of hydrogen-bond acceptors (Lipinski definition) is 4. The molecule has 0 fully saturated rings. The maximum absolute atomic E-state index is 13.1. The third kappa shape index (κ3) is 4.83. The van der Waals surface area contributed by atoms with Gasteiger partial charge in [0, 0.05) is 16.1 Å². The van der Waals surface area contributed by atoms with E-state index in [1.54, 1.807) is 31.4 Å². The van der Waals surface area contributed by atoms with Gasteiger partial charge in [0.05, 0.1) is 14.2 Å². The maximum Gasteiger partial charge on any atom is 0.331 e. The first-order chi connectivity index (χ1) is 11.5. The van der Waals surface area contributed by atoms with Crippen LogP contribution in [0.5, 0.6) is 11.5 Å². The van der Waals surface area contributed by atoms with Crippen LogP contribution in [0.3, 0.4) is 0 Å². The van der Waals surface area contributed by atoms with E-state index in [2.05, 4.69) is 15.9 Å². The molecule has 2 aromatic rings. The highest BCUT2D eigenvalue weighted by Gasteiger charge is 2.10. The molecule has 0 bridgehead atoms. The first kappa shape index (κ1) is 18.0. The lowest BCUT2D eigenvalue weighted by atomic mass is 10.2. The predicted molar refractivity (Wildman–Crippen MR) is 92.5 cm³/mol. The van der Waals surface area contributed by atoms with Gasteiger partial charge in [-0.2, -0.15) is 0 Å². The minimum atomic E-state index is -0.527. The van der Waals surface area contributed by atoms with Crippen LogP contribution in [0.25, 0.3) is 6.08 Å². The van der Waals surface area contributed by atoms with Crippen molar-refractivity contribution < 1.29 is 23.4 Å². The summed E-state index contributed by atoms with van der Waals surface area (Å²) < 4.78 is 29.4. The first-order valence-electron chi connectivity index (χ1n) is 7.04. The fourth-order valence-corrected chi connectivity index (χ4v) is 2.42. The number of benzene rings is 2. The third-order valence-electron chi connectivity index (χ3n) is 3.18. The molecule has 2 aromatic carbocycles. The van der Waals surface area contributed by atoms with Crippen LogP contribution in [0.4, 0.5) is 4.39 Å².